The lowest BCUT2D eigenvalue weighted by atomic mass is 9.69. The van der Waals surface area contributed by atoms with E-state index in [1.807, 2.05) is 6.92 Å². The van der Waals surface area contributed by atoms with Crippen LogP contribution in [0.15, 0.2) is 0 Å². The van der Waals surface area contributed by atoms with Crippen molar-refractivity contribution in [2.75, 3.05) is 0 Å². The second kappa shape index (κ2) is 5.17. The highest BCUT2D eigenvalue weighted by Gasteiger charge is 2.43. The lowest BCUT2D eigenvalue weighted by molar-refractivity contribution is -0.156. The third-order valence-electron chi connectivity index (χ3n) is 4.19. The minimum absolute atomic E-state index is 0.512. The van der Waals surface area contributed by atoms with E-state index in [4.69, 9.17) is 5.11 Å². The topological polar surface area (TPSA) is 57.5 Å². The predicted molar refractivity (Wildman–Crippen MR) is 63.2 cm³/mol. The first kappa shape index (κ1) is 13.5. The van der Waals surface area contributed by atoms with Crippen LogP contribution in [0.4, 0.5) is 0 Å². The lowest BCUT2D eigenvalue weighted by Crippen LogP contribution is -2.45. The number of aliphatic carboxylic acids is 1. The van der Waals surface area contributed by atoms with Gasteiger partial charge >= 0.3 is 5.97 Å². The van der Waals surface area contributed by atoms with E-state index < -0.39 is 17.5 Å². The zero-order valence-electron chi connectivity index (χ0n) is 10.6. The Hall–Kier alpha value is -0.570. The monoisotopic (exact) mass is 228 g/mol. The normalized spacial score (nSPS) is 32.7. The maximum Gasteiger partial charge on any atom is 0.309 e. The van der Waals surface area contributed by atoms with Crippen molar-refractivity contribution in [2.24, 2.45) is 17.8 Å². The van der Waals surface area contributed by atoms with Crippen molar-refractivity contribution in [3.63, 3.8) is 0 Å². The molecule has 1 aliphatic carbocycles. The van der Waals surface area contributed by atoms with Crippen molar-refractivity contribution < 1.29 is 15.0 Å². The number of hydrogen-bond donors (Lipinski definition) is 2. The van der Waals surface area contributed by atoms with Gasteiger partial charge < -0.3 is 10.2 Å². The van der Waals surface area contributed by atoms with Crippen LogP contribution < -0.4 is 0 Å². The maximum atomic E-state index is 11.1. The first-order valence-corrected chi connectivity index (χ1v) is 6.36. The van der Waals surface area contributed by atoms with Crippen molar-refractivity contribution >= 4 is 5.97 Å². The second-order valence-corrected chi connectivity index (χ2v) is 5.48. The summed E-state index contributed by atoms with van der Waals surface area (Å²) in [7, 11) is 0. The quantitative estimate of drug-likeness (QED) is 0.777. The molecule has 1 rings (SSSR count). The minimum Gasteiger partial charge on any atom is -0.481 e. The van der Waals surface area contributed by atoms with Crippen molar-refractivity contribution in [3.8, 4) is 0 Å². The fourth-order valence-electron chi connectivity index (χ4n) is 2.94. The Bertz CT molecular complexity index is 240. The molecule has 1 unspecified atom stereocenters. The van der Waals surface area contributed by atoms with E-state index in [0.29, 0.717) is 31.1 Å². The number of carboxylic acids is 1. The molecule has 0 heterocycles. The molecule has 1 atom stereocenters. The molecule has 0 aromatic heterocycles. The Kier molecular flexibility index (Phi) is 4.36. The van der Waals surface area contributed by atoms with Crippen molar-refractivity contribution in [2.45, 2.75) is 58.5 Å². The standard InChI is InChI=1S/C13H24O3/c1-4-11(12(14)15)13(16)7-5-10(6-8-13)9(2)3/h9-11,16H,4-8H2,1-3H3,(H,14,15). The lowest BCUT2D eigenvalue weighted by Gasteiger charge is -2.40. The molecule has 1 saturated carbocycles. The summed E-state index contributed by atoms with van der Waals surface area (Å²) in [5.41, 5.74) is -0.966. The Morgan fingerprint density at radius 1 is 1.38 bits per heavy atom. The van der Waals surface area contributed by atoms with Crippen LogP contribution in [-0.2, 0) is 4.79 Å². The van der Waals surface area contributed by atoms with E-state index in [1.165, 1.54) is 0 Å². The number of hydrogen-bond acceptors (Lipinski definition) is 2. The SMILES string of the molecule is CCC(C(=O)O)C1(O)CCC(C(C)C)CC1. The van der Waals surface area contributed by atoms with Gasteiger partial charge in [-0.1, -0.05) is 20.8 Å². The fourth-order valence-corrected chi connectivity index (χ4v) is 2.94. The number of carboxylic acid groups (broad SMARTS) is 1. The minimum atomic E-state index is -0.966. The summed E-state index contributed by atoms with van der Waals surface area (Å²) in [6.07, 6.45) is 3.70. The number of aliphatic hydroxyl groups is 1. The molecule has 0 aromatic carbocycles. The van der Waals surface area contributed by atoms with E-state index >= 15 is 0 Å². The molecule has 0 aromatic rings. The van der Waals surface area contributed by atoms with Crippen LogP contribution in [0.25, 0.3) is 0 Å². The average molecular weight is 228 g/mol. The van der Waals surface area contributed by atoms with Crippen LogP contribution in [0.1, 0.15) is 52.9 Å². The number of rotatable bonds is 4. The van der Waals surface area contributed by atoms with Gasteiger partial charge in [0.2, 0.25) is 0 Å². The van der Waals surface area contributed by atoms with Crippen molar-refractivity contribution in [1.29, 1.82) is 0 Å². The molecule has 3 heteroatoms. The zero-order chi connectivity index (χ0) is 12.3. The molecule has 16 heavy (non-hydrogen) atoms. The largest absolute Gasteiger partial charge is 0.481 e. The van der Waals surface area contributed by atoms with Crippen LogP contribution in [0, 0.1) is 17.8 Å². The van der Waals surface area contributed by atoms with Gasteiger partial charge in [0.25, 0.3) is 0 Å². The molecular formula is C13H24O3. The molecule has 1 aliphatic rings. The van der Waals surface area contributed by atoms with Gasteiger partial charge in [-0.15, -0.1) is 0 Å². The summed E-state index contributed by atoms with van der Waals surface area (Å²) in [4.78, 5) is 11.1. The zero-order valence-corrected chi connectivity index (χ0v) is 10.6. The molecule has 0 bridgehead atoms. The Balaban J connectivity index is 2.64. The molecule has 2 N–H and O–H groups in total. The van der Waals surface area contributed by atoms with Crippen molar-refractivity contribution in [1.82, 2.24) is 0 Å². The molecular weight excluding hydrogens is 204 g/mol. The maximum absolute atomic E-state index is 11.1. The highest BCUT2D eigenvalue weighted by atomic mass is 16.4. The molecule has 3 nitrogen and oxygen atoms in total. The van der Waals surface area contributed by atoms with Gasteiger partial charge in [-0.2, -0.15) is 0 Å². The smallest absolute Gasteiger partial charge is 0.309 e. The molecule has 0 radical (unpaired) electrons. The van der Waals surface area contributed by atoms with Gasteiger partial charge in [0, 0.05) is 0 Å². The second-order valence-electron chi connectivity index (χ2n) is 5.48. The molecule has 1 fully saturated rings. The van der Waals surface area contributed by atoms with E-state index in [9.17, 15) is 9.90 Å². The summed E-state index contributed by atoms with van der Waals surface area (Å²) in [5, 5.41) is 19.5. The van der Waals surface area contributed by atoms with Crippen LogP contribution in [-0.4, -0.2) is 21.8 Å². The molecule has 0 spiro atoms. The molecule has 94 valence electrons. The summed E-state index contributed by atoms with van der Waals surface area (Å²) < 4.78 is 0. The van der Waals surface area contributed by atoms with Gasteiger partial charge in [-0.3, -0.25) is 4.79 Å². The van der Waals surface area contributed by atoms with Gasteiger partial charge in [-0.25, -0.2) is 0 Å². The van der Waals surface area contributed by atoms with Crippen LogP contribution in [0.3, 0.4) is 0 Å². The Labute approximate surface area is 97.9 Å². The molecule has 0 amide bonds. The van der Waals surface area contributed by atoms with Gasteiger partial charge in [0.05, 0.1) is 11.5 Å². The first-order chi connectivity index (χ1) is 7.40. The fraction of sp³-hybridized carbons (Fsp3) is 0.923. The van der Waals surface area contributed by atoms with E-state index in [2.05, 4.69) is 13.8 Å². The van der Waals surface area contributed by atoms with Crippen molar-refractivity contribution in [3.05, 3.63) is 0 Å². The van der Waals surface area contributed by atoms with Crippen LogP contribution in [0.5, 0.6) is 0 Å². The van der Waals surface area contributed by atoms with Gasteiger partial charge in [-0.05, 0) is 43.9 Å². The van der Waals surface area contributed by atoms with Crippen LogP contribution in [0.2, 0.25) is 0 Å². The highest BCUT2D eigenvalue weighted by molar-refractivity contribution is 5.71. The predicted octanol–water partition coefficient (Wildman–Crippen LogP) is 2.67. The third-order valence-corrected chi connectivity index (χ3v) is 4.19. The summed E-state index contributed by atoms with van der Waals surface area (Å²) in [5.74, 6) is -0.172. The summed E-state index contributed by atoms with van der Waals surface area (Å²) in [6, 6.07) is 0. The van der Waals surface area contributed by atoms with Gasteiger partial charge in [0.15, 0.2) is 0 Å². The summed E-state index contributed by atoms with van der Waals surface area (Å²) >= 11 is 0. The van der Waals surface area contributed by atoms with E-state index in [1.54, 1.807) is 0 Å². The molecule has 0 aliphatic heterocycles. The summed E-state index contributed by atoms with van der Waals surface area (Å²) in [6.45, 7) is 6.23. The van der Waals surface area contributed by atoms with Crippen LogP contribution >= 0.6 is 0 Å². The van der Waals surface area contributed by atoms with E-state index in [-0.39, 0.29) is 0 Å². The Morgan fingerprint density at radius 2 is 1.88 bits per heavy atom. The van der Waals surface area contributed by atoms with Gasteiger partial charge in [0.1, 0.15) is 0 Å². The number of carbonyl (C=O) groups is 1. The Morgan fingerprint density at radius 3 is 2.19 bits per heavy atom. The molecule has 0 saturated heterocycles. The average Bonchev–Trinajstić information content (AvgIpc) is 2.18. The first-order valence-electron chi connectivity index (χ1n) is 6.36. The highest BCUT2D eigenvalue weighted by Crippen LogP contribution is 2.40. The van der Waals surface area contributed by atoms with E-state index in [0.717, 1.165) is 12.8 Å². The third kappa shape index (κ3) is 2.76.